The van der Waals surface area contributed by atoms with Gasteiger partial charge in [0.05, 0.1) is 12.0 Å². The van der Waals surface area contributed by atoms with E-state index >= 15 is 4.39 Å². The highest BCUT2D eigenvalue weighted by atomic mass is 35.5. The third kappa shape index (κ3) is 6.88. The Morgan fingerprint density at radius 1 is 1.15 bits per heavy atom. The van der Waals surface area contributed by atoms with Gasteiger partial charge in [-0.3, -0.25) is 14.5 Å². The third-order valence-corrected chi connectivity index (χ3v) is 9.68. The molecule has 2 aliphatic heterocycles. The van der Waals surface area contributed by atoms with E-state index in [1.807, 2.05) is 30.9 Å². The molecular formula is C33H46ClF2N3O2. The molecule has 4 rings (SSSR count). The Bertz CT molecular complexity index is 1220. The number of rotatable bonds is 6. The summed E-state index contributed by atoms with van der Waals surface area (Å²) in [6.45, 7) is 16.1. The molecule has 5 nitrogen and oxygen atoms in total. The summed E-state index contributed by atoms with van der Waals surface area (Å²) in [5.41, 5.74) is 2.34. The fourth-order valence-corrected chi connectivity index (χ4v) is 7.45. The molecule has 2 amide bonds. The van der Waals surface area contributed by atoms with Gasteiger partial charge in [-0.05, 0) is 93.5 Å². The lowest BCUT2D eigenvalue weighted by atomic mass is 9.74. The second kappa shape index (κ2) is 12.5. The maximum Gasteiger partial charge on any atom is 0.227 e. The van der Waals surface area contributed by atoms with E-state index in [0.717, 1.165) is 24.0 Å². The summed E-state index contributed by atoms with van der Waals surface area (Å²) in [7, 11) is 0. The molecule has 2 heterocycles. The highest BCUT2D eigenvalue weighted by Gasteiger charge is 2.49. The zero-order valence-corrected chi connectivity index (χ0v) is 26.3. The maximum atomic E-state index is 15.4. The van der Waals surface area contributed by atoms with Crippen LogP contribution in [0.2, 0.25) is 0 Å². The van der Waals surface area contributed by atoms with E-state index in [2.05, 4.69) is 31.0 Å². The molecule has 0 saturated carbocycles. The molecule has 41 heavy (non-hydrogen) atoms. The molecule has 5 atom stereocenters. The summed E-state index contributed by atoms with van der Waals surface area (Å²) in [4.78, 5) is 30.2. The first-order valence-electron chi connectivity index (χ1n) is 15.1. The zero-order valence-electron chi connectivity index (χ0n) is 25.6. The first-order valence-corrected chi connectivity index (χ1v) is 15.4. The van der Waals surface area contributed by atoms with E-state index in [1.165, 1.54) is 13.0 Å². The first kappa shape index (κ1) is 31.7. The minimum Gasteiger partial charge on any atom is -0.350 e. The van der Waals surface area contributed by atoms with Crippen molar-refractivity contribution in [3.05, 3.63) is 57.7 Å². The van der Waals surface area contributed by atoms with Crippen molar-refractivity contribution < 1.29 is 18.4 Å². The SMILES string of the molecule is CC[C@H](NC(C)=O)c1cc(F)c(C)cc1C1CCN(C(=O)C2CN(C(C)(C)C)CC2C2C(F)=CC(Cl)=CC2C)CC1. The molecule has 0 radical (unpaired) electrons. The lowest BCUT2D eigenvalue weighted by Gasteiger charge is -2.38. The van der Waals surface area contributed by atoms with Crippen LogP contribution in [0.15, 0.2) is 35.1 Å². The van der Waals surface area contributed by atoms with Gasteiger partial charge in [-0.15, -0.1) is 0 Å². The van der Waals surface area contributed by atoms with Gasteiger partial charge >= 0.3 is 0 Å². The molecule has 1 aromatic rings. The number of amides is 2. The van der Waals surface area contributed by atoms with Crippen LogP contribution >= 0.6 is 11.6 Å². The van der Waals surface area contributed by atoms with E-state index in [4.69, 9.17) is 11.6 Å². The number of nitrogens with zero attached hydrogens (tertiary/aromatic N) is 2. The number of aryl methyl sites for hydroxylation is 1. The maximum absolute atomic E-state index is 15.4. The number of allylic oxidation sites excluding steroid dienone is 4. The fraction of sp³-hybridized carbons (Fsp3) is 0.636. The first-order chi connectivity index (χ1) is 19.2. The normalized spacial score (nSPS) is 26.9. The van der Waals surface area contributed by atoms with Crippen molar-refractivity contribution in [3.8, 4) is 0 Å². The van der Waals surface area contributed by atoms with Crippen LogP contribution in [0.4, 0.5) is 8.78 Å². The number of hydrogen-bond acceptors (Lipinski definition) is 3. The van der Waals surface area contributed by atoms with Crippen LogP contribution in [-0.2, 0) is 9.59 Å². The van der Waals surface area contributed by atoms with Crippen LogP contribution in [0, 0.1) is 36.4 Å². The third-order valence-electron chi connectivity index (χ3n) is 9.45. The van der Waals surface area contributed by atoms with Crippen molar-refractivity contribution >= 4 is 23.4 Å². The van der Waals surface area contributed by atoms with E-state index < -0.39 is 0 Å². The number of halogens is 3. The van der Waals surface area contributed by atoms with Crippen molar-refractivity contribution in [1.82, 2.24) is 15.1 Å². The lowest BCUT2D eigenvalue weighted by molar-refractivity contribution is -0.138. The number of carbonyl (C=O) groups excluding carboxylic acids is 2. The number of piperidine rings is 1. The van der Waals surface area contributed by atoms with Gasteiger partial charge in [-0.25, -0.2) is 8.78 Å². The quantitative estimate of drug-likeness (QED) is 0.388. The van der Waals surface area contributed by atoms with Crippen molar-refractivity contribution in [3.63, 3.8) is 0 Å². The summed E-state index contributed by atoms with van der Waals surface area (Å²) in [6.07, 6.45) is 5.48. The molecule has 3 aliphatic rings. The predicted octanol–water partition coefficient (Wildman–Crippen LogP) is 7.02. The predicted molar refractivity (Wildman–Crippen MR) is 161 cm³/mol. The number of hydrogen-bond donors (Lipinski definition) is 1. The van der Waals surface area contributed by atoms with Crippen molar-refractivity contribution in [2.24, 2.45) is 23.7 Å². The topological polar surface area (TPSA) is 52.7 Å². The number of likely N-dealkylation sites (tertiary alicyclic amines) is 2. The summed E-state index contributed by atoms with van der Waals surface area (Å²) in [5.74, 6) is -1.29. The van der Waals surface area contributed by atoms with Gasteiger partial charge in [0, 0.05) is 49.6 Å². The fourth-order valence-electron chi connectivity index (χ4n) is 7.14. The zero-order chi connectivity index (χ0) is 30.2. The Kier molecular flexibility index (Phi) is 9.69. The molecular weight excluding hydrogens is 544 g/mol. The molecule has 1 aliphatic carbocycles. The molecule has 0 bridgehead atoms. The monoisotopic (exact) mass is 589 g/mol. The molecule has 2 saturated heterocycles. The molecule has 226 valence electrons. The molecule has 2 fully saturated rings. The second-order valence-corrected chi connectivity index (χ2v) is 13.7. The summed E-state index contributed by atoms with van der Waals surface area (Å²) in [6, 6.07) is 3.23. The van der Waals surface area contributed by atoms with Crippen LogP contribution in [0.5, 0.6) is 0 Å². The van der Waals surface area contributed by atoms with Gasteiger partial charge in [0.1, 0.15) is 11.6 Å². The lowest BCUT2D eigenvalue weighted by Crippen LogP contribution is -2.45. The van der Waals surface area contributed by atoms with E-state index in [9.17, 15) is 14.0 Å². The second-order valence-electron chi connectivity index (χ2n) is 13.3. The van der Waals surface area contributed by atoms with Gasteiger partial charge in [-0.1, -0.05) is 37.6 Å². The van der Waals surface area contributed by atoms with Gasteiger partial charge in [0.25, 0.3) is 0 Å². The molecule has 1 aromatic carbocycles. The van der Waals surface area contributed by atoms with Crippen LogP contribution in [0.3, 0.4) is 0 Å². The smallest absolute Gasteiger partial charge is 0.227 e. The average molecular weight is 590 g/mol. The van der Waals surface area contributed by atoms with E-state index in [-0.39, 0.29) is 64.6 Å². The highest BCUT2D eigenvalue weighted by molar-refractivity contribution is 6.31. The van der Waals surface area contributed by atoms with Crippen molar-refractivity contribution in [2.75, 3.05) is 26.2 Å². The molecule has 4 unspecified atom stereocenters. The number of nitrogens with one attached hydrogen (secondary N) is 1. The Labute approximate surface area is 249 Å². The number of carbonyl (C=O) groups is 2. The molecule has 0 aromatic heterocycles. The van der Waals surface area contributed by atoms with Crippen LogP contribution in [0.1, 0.15) is 89.5 Å². The van der Waals surface area contributed by atoms with Gasteiger partial charge < -0.3 is 10.2 Å². The highest BCUT2D eigenvalue weighted by Crippen LogP contribution is 2.45. The summed E-state index contributed by atoms with van der Waals surface area (Å²) < 4.78 is 30.0. The minimum absolute atomic E-state index is 0.0892. The summed E-state index contributed by atoms with van der Waals surface area (Å²) >= 11 is 6.17. The average Bonchev–Trinajstić information content (AvgIpc) is 3.33. The number of benzene rings is 1. The molecule has 1 N–H and O–H groups in total. The Morgan fingerprint density at radius 2 is 1.80 bits per heavy atom. The molecule has 8 heteroatoms. The van der Waals surface area contributed by atoms with Gasteiger partial charge in [0.15, 0.2) is 0 Å². The minimum atomic E-state index is -0.374. The Balaban J connectivity index is 1.54. The Morgan fingerprint density at radius 3 is 2.37 bits per heavy atom. The summed E-state index contributed by atoms with van der Waals surface area (Å²) in [5, 5.41) is 3.39. The van der Waals surface area contributed by atoms with E-state index in [1.54, 1.807) is 13.0 Å². The van der Waals surface area contributed by atoms with E-state index in [0.29, 0.717) is 43.2 Å². The van der Waals surface area contributed by atoms with Crippen molar-refractivity contribution in [1.29, 1.82) is 0 Å². The molecule has 0 spiro atoms. The largest absolute Gasteiger partial charge is 0.350 e. The van der Waals surface area contributed by atoms with Crippen LogP contribution in [-0.4, -0.2) is 53.3 Å². The van der Waals surface area contributed by atoms with Crippen molar-refractivity contribution in [2.45, 2.75) is 85.2 Å². The standard InChI is InChI=1S/C33H46ClF2N3O2/c1-8-30(37-21(4)40)25-16-28(35)19(2)14-24(25)22-9-11-38(12-10-22)32(41)27-18-39(33(5,6)7)17-26(27)31-20(3)13-23(34)15-29(31)36/h13-16,20,22,26-27,30-31H,8-12,17-18H2,1-7H3,(H,37,40)/t20?,26?,27?,30-,31?/m0/s1. The van der Waals surface area contributed by atoms with Crippen LogP contribution in [0.25, 0.3) is 0 Å². The van der Waals surface area contributed by atoms with Gasteiger partial charge in [-0.2, -0.15) is 0 Å². The van der Waals surface area contributed by atoms with Gasteiger partial charge in [0.2, 0.25) is 11.8 Å². The Hall–Kier alpha value is -2.25. The van der Waals surface area contributed by atoms with Crippen LogP contribution < -0.4 is 5.32 Å².